The Kier molecular flexibility index (Phi) is 6.78. The van der Waals surface area contributed by atoms with Gasteiger partial charge in [-0.25, -0.2) is 13.2 Å². The third-order valence-electron chi connectivity index (χ3n) is 8.87. The Labute approximate surface area is 246 Å². The number of hydrogen-bond acceptors (Lipinski definition) is 8. The molecular formula is C32H30F3N5O3. The van der Waals surface area contributed by atoms with Crippen molar-refractivity contribution in [3.8, 4) is 35.4 Å². The van der Waals surface area contributed by atoms with E-state index < -0.39 is 23.3 Å². The van der Waals surface area contributed by atoms with E-state index in [1.165, 1.54) is 30.5 Å². The summed E-state index contributed by atoms with van der Waals surface area (Å²) in [6, 6.07) is 5.39. The number of anilines is 1. The van der Waals surface area contributed by atoms with Crippen molar-refractivity contribution in [1.82, 2.24) is 19.9 Å². The number of aromatic hydroxyl groups is 1. The second kappa shape index (κ2) is 10.5. The van der Waals surface area contributed by atoms with E-state index in [0.717, 1.165) is 19.4 Å². The van der Waals surface area contributed by atoms with Gasteiger partial charge in [-0.05, 0) is 49.9 Å². The molecule has 3 unspecified atom stereocenters. The van der Waals surface area contributed by atoms with E-state index in [1.807, 2.05) is 11.8 Å². The van der Waals surface area contributed by atoms with E-state index in [-0.39, 0.29) is 52.2 Å². The lowest BCUT2D eigenvalue weighted by atomic mass is 9.95. The summed E-state index contributed by atoms with van der Waals surface area (Å²) in [7, 11) is 0. The van der Waals surface area contributed by atoms with Gasteiger partial charge in [-0.15, -0.1) is 6.42 Å². The summed E-state index contributed by atoms with van der Waals surface area (Å²) in [5.41, 5.74) is -0.576. The van der Waals surface area contributed by atoms with Gasteiger partial charge < -0.3 is 19.5 Å². The highest BCUT2D eigenvalue weighted by molar-refractivity contribution is 6.03. The quantitative estimate of drug-likeness (QED) is 0.326. The van der Waals surface area contributed by atoms with Crippen molar-refractivity contribution < 1.29 is 27.8 Å². The van der Waals surface area contributed by atoms with Crippen molar-refractivity contribution in [2.45, 2.75) is 44.0 Å². The number of terminal acetylenes is 1. The predicted octanol–water partition coefficient (Wildman–Crippen LogP) is 4.99. The molecule has 3 fully saturated rings. The maximum Gasteiger partial charge on any atom is 0.319 e. The molecule has 43 heavy (non-hydrogen) atoms. The third-order valence-corrected chi connectivity index (χ3v) is 8.87. The molecule has 3 aliphatic rings. The fourth-order valence-corrected chi connectivity index (χ4v) is 6.93. The molecule has 0 amide bonds. The number of hydrogen-bond donors (Lipinski definition) is 1. The van der Waals surface area contributed by atoms with Gasteiger partial charge in [0.15, 0.2) is 5.82 Å². The molecule has 2 aromatic heterocycles. The Morgan fingerprint density at radius 1 is 1.21 bits per heavy atom. The molecular weight excluding hydrogens is 559 g/mol. The molecule has 0 bridgehead atoms. The van der Waals surface area contributed by atoms with Gasteiger partial charge in [-0.2, -0.15) is 9.97 Å². The molecule has 11 heteroatoms. The third kappa shape index (κ3) is 4.69. The van der Waals surface area contributed by atoms with Crippen LogP contribution in [-0.4, -0.2) is 82.2 Å². The number of alkyl halides is 1. The average molecular weight is 590 g/mol. The fraction of sp³-hybridized carbons (Fsp3) is 0.406. The summed E-state index contributed by atoms with van der Waals surface area (Å²) in [6.07, 6.45) is 8.24. The number of ether oxygens (including phenoxy) is 2. The zero-order valence-electron chi connectivity index (χ0n) is 23.6. The van der Waals surface area contributed by atoms with Crippen molar-refractivity contribution in [2.24, 2.45) is 0 Å². The first-order chi connectivity index (χ1) is 20.8. The number of benzene rings is 2. The first-order valence-corrected chi connectivity index (χ1v) is 14.4. The predicted molar refractivity (Wildman–Crippen MR) is 156 cm³/mol. The number of phenolic OH excluding ortho intramolecular Hbond substituents is 1. The van der Waals surface area contributed by atoms with Crippen LogP contribution in [0.15, 0.2) is 30.5 Å². The summed E-state index contributed by atoms with van der Waals surface area (Å²) in [6.45, 7) is 4.80. The van der Waals surface area contributed by atoms with E-state index in [0.29, 0.717) is 49.3 Å². The summed E-state index contributed by atoms with van der Waals surface area (Å²) in [4.78, 5) is 17.7. The van der Waals surface area contributed by atoms with E-state index >= 15 is 4.39 Å². The average Bonchev–Trinajstić information content (AvgIpc) is 3.51. The molecule has 1 N–H and O–H groups in total. The highest BCUT2D eigenvalue weighted by Gasteiger charge is 2.49. The molecule has 0 aliphatic carbocycles. The highest BCUT2D eigenvalue weighted by atomic mass is 19.1. The Balaban J connectivity index is 1.38. The van der Waals surface area contributed by atoms with Gasteiger partial charge in [0.05, 0.1) is 29.2 Å². The van der Waals surface area contributed by atoms with Crippen molar-refractivity contribution in [3.63, 3.8) is 0 Å². The smallest absolute Gasteiger partial charge is 0.319 e. The second-order valence-corrected chi connectivity index (χ2v) is 11.7. The van der Waals surface area contributed by atoms with Crippen LogP contribution in [0.4, 0.5) is 19.0 Å². The van der Waals surface area contributed by atoms with Crippen LogP contribution in [0.3, 0.4) is 0 Å². The molecule has 0 radical (unpaired) electrons. The first kappa shape index (κ1) is 27.7. The Bertz CT molecular complexity index is 1800. The van der Waals surface area contributed by atoms with Gasteiger partial charge in [-0.1, -0.05) is 12.0 Å². The Morgan fingerprint density at radius 3 is 2.88 bits per heavy atom. The van der Waals surface area contributed by atoms with Crippen LogP contribution in [0.5, 0.6) is 11.8 Å². The zero-order valence-corrected chi connectivity index (χ0v) is 23.6. The van der Waals surface area contributed by atoms with E-state index in [1.54, 1.807) is 0 Å². The molecule has 2 aromatic carbocycles. The molecule has 8 nitrogen and oxygen atoms in total. The Morgan fingerprint density at radius 2 is 2.07 bits per heavy atom. The SMILES string of the molecule is C#Cc1c(F)ccc2cc(O)cc(-c3ncc4c(N5CCOC(C)C5)nc(OCC56CCCN5CC(F)C6)nc4c3F)c12. The van der Waals surface area contributed by atoms with E-state index in [4.69, 9.17) is 20.9 Å². The molecule has 5 heterocycles. The van der Waals surface area contributed by atoms with E-state index in [9.17, 15) is 13.9 Å². The zero-order chi connectivity index (χ0) is 29.9. The maximum atomic E-state index is 16.6. The van der Waals surface area contributed by atoms with Crippen molar-refractivity contribution in [2.75, 3.05) is 44.3 Å². The summed E-state index contributed by atoms with van der Waals surface area (Å²) < 4.78 is 57.6. The lowest BCUT2D eigenvalue weighted by Gasteiger charge is -2.33. The number of pyridine rings is 1. The first-order valence-electron chi connectivity index (χ1n) is 14.4. The number of morpholine rings is 1. The van der Waals surface area contributed by atoms with Crippen LogP contribution in [0.2, 0.25) is 0 Å². The molecule has 3 saturated heterocycles. The minimum absolute atomic E-state index is 0.0302. The van der Waals surface area contributed by atoms with Gasteiger partial charge in [0.2, 0.25) is 0 Å². The number of phenols is 1. The van der Waals surface area contributed by atoms with Gasteiger partial charge in [0.25, 0.3) is 0 Å². The largest absolute Gasteiger partial charge is 0.508 e. The molecule has 3 atom stereocenters. The minimum atomic E-state index is -0.923. The highest BCUT2D eigenvalue weighted by Crippen LogP contribution is 2.41. The van der Waals surface area contributed by atoms with Crippen LogP contribution in [0.25, 0.3) is 32.9 Å². The van der Waals surface area contributed by atoms with Crippen LogP contribution in [0.1, 0.15) is 31.7 Å². The lowest BCUT2D eigenvalue weighted by molar-refractivity contribution is 0.0529. The van der Waals surface area contributed by atoms with Crippen LogP contribution < -0.4 is 9.64 Å². The van der Waals surface area contributed by atoms with E-state index in [2.05, 4.69) is 20.8 Å². The number of rotatable bonds is 5. The topological polar surface area (TPSA) is 83.8 Å². The van der Waals surface area contributed by atoms with Gasteiger partial charge in [-0.3, -0.25) is 9.88 Å². The van der Waals surface area contributed by atoms with Crippen LogP contribution in [0, 0.1) is 24.0 Å². The maximum absolute atomic E-state index is 16.6. The number of fused-ring (bicyclic) bond motifs is 3. The van der Waals surface area contributed by atoms with Gasteiger partial charge >= 0.3 is 6.01 Å². The monoisotopic (exact) mass is 589 g/mol. The minimum Gasteiger partial charge on any atom is -0.508 e. The second-order valence-electron chi connectivity index (χ2n) is 11.7. The van der Waals surface area contributed by atoms with Crippen molar-refractivity contribution >= 4 is 27.5 Å². The van der Waals surface area contributed by atoms with Crippen molar-refractivity contribution in [3.05, 3.63) is 47.7 Å². The normalized spacial score (nSPS) is 24.0. The lowest BCUT2D eigenvalue weighted by Crippen LogP contribution is -2.44. The van der Waals surface area contributed by atoms with Crippen molar-refractivity contribution in [1.29, 1.82) is 0 Å². The molecule has 0 saturated carbocycles. The van der Waals surface area contributed by atoms with Gasteiger partial charge in [0, 0.05) is 43.2 Å². The van der Waals surface area contributed by atoms with Crippen LogP contribution >= 0.6 is 0 Å². The molecule has 3 aliphatic heterocycles. The fourth-order valence-electron chi connectivity index (χ4n) is 6.93. The van der Waals surface area contributed by atoms with Crippen LogP contribution in [-0.2, 0) is 4.74 Å². The summed E-state index contributed by atoms with van der Waals surface area (Å²) in [5.74, 6) is 1.20. The summed E-state index contributed by atoms with van der Waals surface area (Å²) >= 11 is 0. The molecule has 7 rings (SSSR count). The standard InChI is InChI=1S/C32H30F3N5O3/c1-3-22-25(34)6-5-19-11-21(41)12-23(26(19)22)28-27(35)29-24(14-36-28)30(39-9-10-42-18(2)15-39)38-31(37-29)43-17-32-7-4-8-40(32)16-20(33)13-32/h1,5-6,11-12,14,18,20,41H,4,7-10,13,15-17H2,2H3. The Hall–Kier alpha value is -4.14. The number of nitrogens with zero attached hydrogens (tertiary/aromatic N) is 5. The van der Waals surface area contributed by atoms with Gasteiger partial charge in [0.1, 0.15) is 41.4 Å². The molecule has 0 spiro atoms. The molecule has 222 valence electrons. The summed E-state index contributed by atoms with van der Waals surface area (Å²) in [5, 5.41) is 11.5. The number of aromatic nitrogens is 3. The number of halogens is 3. The molecule has 4 aromatic rings.